The van der Waals surface area contributed by atoms with Crippen molar-refractivity contribution in [2.45, 2.75) is 19.9 Å². The molecule has 1 aliphatic heterocycles. The third kappa shape index (κ3) is 2.50. The van der Waals surface area contributed by atoms with Gasteiger partial charge in [0.15, 0.2) is 0 Å². The normalized spacial score (nSPS) is 14.0. The molecule has 20 heavy (non-hydrogen) atoms. The summed E-state index contributed by atoms with van der Waals surface area (Å²) in [6.07, 6.45) is 0.938. The van der Waals surface area contributed by atoms with Crippen LogP contribution in [0.4, 0.5) is 0 Å². The molecule has 2 nitrogen and oxygen atoms in total. The number of carbonyl (C=O) groups is 1. The van der Waals surface area contributed by atoms with Gasteiger partial charge in [-0.2, -0.15) is 0 Å². The minimum atomic E-state index is 0.119. The van der Waals surface area contributed by atoms with Crippen LogP contribution in [-0.4, -0.2) is 17.4 Å². The highest BCUT2D eigenvalue weighted by molar-refractivity contribution is 9.10. The van der Waals surface area contributed by atoms with Crippen molar-refractivity contribution >= 4 is 21.8 Å². The average molecular weight is 330 g/mol. The van der Waals surface area contributed by atoms with Gasteiger partial charge in [0, 0.05) is 23.1 Å². The van der Waals surface area contributed by atoms with Crippen LogP contribution in [0, 0.1) is 6.92 Å². The summed E-state index contributed by atoms with van der Waals surface area (Å²) in [5.41, 5.74) is 4.72. The van der Waals surface area contributed by atoms with Gasteiger partial charge in [-0.3, -0.25) is 4.79 Å². The highest BCUT2D eigenvalue weighted by atomic mass is 79.9. The van der Waals surface area contributed by atoms with Crippen molar-refractivity contribution in [3.05, 3.63) is 69.2 Å². The van der Waals surface area contributed by atoms with Crippen molar-refractivity contribution in [2.75, 3.05) is 6.54 Å². The van der Waals surface area contributed by atoms with Gasteiger partial charge in [0.05, 0.1) is 0 Å². The molecule has 0 fully saturated rings. The second-order valence-corrected chi connectivity index (χ2v) is 6.12. The van der Waals surface area contributed by atoms with E-state index in [0.29, 0.717) is 6.54 Å². The second kappa shape index (κ2) is 5.41. The predicted octanol–water partition coefficient (Wildman–Crippen LogP) is 3.96. The maximum Gasteiger partial charge on any atom is 0.254 e. The Balaban J connectivity index is 1.87. The Morgan fingerprint density at radius 3 is 2.70 bits per heavy atom. The van der Waals surface area contributed by atoms with Crippen LogP contribution < -0.4 is 0 Å². The Labute approximate surface area is 127 Å². The number of rotatable bonds is 1. The number of fused-ring (bicyclic) bond motifs is 1. The van der Waals surface area contributed by atoms with Gasteiger partial charge in [-0.1, -0.05) is 34.1 Å². The van der Waals surface area contributed by atoms with Crippen LogP contribution in [0.3, 0.4) is 0 Å². The summed E-state index contributed by atoms with van der Waals surface area (Å²) < 4.78 is 1.09. The fourth-order valence-electron chi connectivity index (χ4n) is 2.81. The summed E-state index contributed by atoms with van der Waals surface area (Å²) in [6, 6.07) is 13.8. The van der Waals surface area contributed by atoms with Gasteiger partial charge in [0.1, 0.15) is 0 Å². The number of nitrogens with zero attached hydrogens (tertiary/aromatic N) is 1. The lowest BCUT2D eigenvalue weighted by Gasteiger charge is -2.30. The van der Waals surface area contributed by atoms with Crippen LogP contribution in [-0.2, 0) is 13.0 Å². The molecule has 0 saturated carbocycles. The van der Waals surface area contributed by atoms with E-state index in [9.17, 15) is 4.79 Å². The fraction of sp³-hybridized carbons (Fsp3) is 0.235. The van der Waals surface area contributed by atoms with Crippen LogP contribution in [0.5, 0.6) is 0 Å². The number of hydrogen-bond donors (Lipinski definition) is 0. The van der Waals surface area contributed by atoms with Crippen LogP contribution in [0.25, 0.3) is 0 Å². The van der Waals surface area contributed by atoms with Crippen molar-refractivity contribution in [1.29, 1.82) is 0 Å². The van der Waals surface area contributed by atoms with Gasteiger partial charge in [-0.25, -0.2) is 0 Å². The molecule has 0 radical (unpaired) electrons. The summed E-state index contributed by atoms with van der Waals surface area (Å²) in [6.45, 7) is 3.63. The monoisotopic (exact) mass is 329 g/mol. The highest BCUT2D eigenvalue weighted by Gasteiger charge is 2.22. The molecule has 0 unspecified atom stereocenters. The first-order valence-electron chi connectivity index (χ1n) is 6.77. The van der Waals surface area contributed by atoms with E-state index in [4.69, 9.17) is 0 Å². The molecule has 0 N–H and O–H groups in total. The summed E-state index contributed by atoms with van der Waals surface area (Å²) in [4.78, 5) is 14.4. The molecule has 2 aromatic carbocycles. The van der Waals surface area contributed by atoms with E-state index < -0.39 is 0 Å². The van der Waals surface area contributed by atoms with E-state index in [0.717, 1.165) is 23.0 Å². The zero-order valence-corrected chi connectivity index (χ0v) is 13.0. The first kappa shape index (κ1) is 13.4. The van der Waals surface area contributed by atoms with Crippen molar-refractivity contribution < 1.29 is 4.79 Å². The number of amides is 1. The Morgan fingerprint density at radius 1 is 1.20 bits per heavy atom. The molecule has 0 spiro atoms. The lowest BCUT2D eigenvalue weighted by molar-refractivity contribution is 0.0734. The SMILES string of the molecule is Cc1cc(Br)cc2c1CCN(C(=O)c1ccccc1)C2. The van der Waals surface area contributed by atoms with E-state index in [-0.39, 0.29) is 5.91 Å². The number of hydrogen-bond acceptors (Lipinski definition) is 1. The Morgan fingerprint density at radius 2 is 1.95 bits per heavy atom. The Bertz CT molecular complexity index is 652. The maximum atomic E-state index is 12.5. The average Bonchev–Trinajstić information content (AvgIpc) is 2.46. The van der Waals surface area contributed by atoms with Crippen LogP contribution in [0.2, 0.25) is 0 Å². The largest absolute Gasteiger partial charge is 0.334 e. The summed E-state index contributed by atoms with van der Waals surface area (Å²) in [7, 11) is 0. The molecule has 0 atom stereocenters. The van der Waals surface area contributed by atoms with Crippen molar-refractivity contribution in [1.82, 2.24) is 4.90 Å². The lowest BCUT2D eigenvalue weighted by Crippen LogP contribution is -2.36. The molecule has 102 valence electrons. The molecule has 0 saturated heterocycles. The third-order valence-corrected chi connectivity index (χ3v) is 4.29. The van der Waals surface area contributed by atoms with Gasteiger partial charge in [-0.05, 0) is 54.3 Å². The van der Waals surface area contributed by atoms with E-state index in [1.165, 1.54) is 16.7 Å². The van der Waals surface area contributed by atoms with E-state index in [1.807, 2.05) is 35.2 Å². The predicted molar refractivity (Wildman–Crippen MR) is 83.8 cm³/mol. The standard InChI is InChI=1S/C17H16BrNO/c1-12-9-15(18)10-14-11-19(8-7-16(12)14)17(20)13-5-3-2-4-6-13/h2-6,9-10H,7-8,11H2,1H3. The smallest absolute Gasteiger partial charge is 0.254 e. The maximum absolute atomic E-state index is 12.5. The molecular weight excluding hydrogens is 314 g/mol. The third-order valence-electron chi connectivity index (χ3n) is 3.83. The summed E-state index contributed by atoms with van der Waals surface area (Å²) in [5, 5.41) is 0. The molecule has 2 aromatic rings. The fourth-order valence-corrected chi connectivity index (χ4v) is 3.43. The molecule has 1 amide bonds. The summed E-state index contributed by atoms with van der Waals surface area (Å²) in [5.74, 6) is 0.119. The molecule has 0 bridgehead atoms. The van der Waals surface area contributed by atoms with Crippen molar-refractivity contribution in [3.63, 3.8) is 0 Å². The summed E-state index contributed by atoms with van der Waals surface area (Å²) >= 11 is 3.54. The quantitative estimate of drug-likeness (QED) is 0.775. The topological polar surface area (TPSA) is 20.3 Å². The number of carbonyl (C=O) groups excluding carboxylic acids is 1. The zero-order valence-electron chi connectivity index (χ0n) is 11.4. The second-order valence-electron chi connectivity index (χ2n) is 5.20. The number of halogens is 1. The van der Waals surface area contributed by atoms with Crippen LogP contribution >= 0.6 is 15.9 Å². The molecule has 1 aliphatic rings. The molecule has 3 rings (SSSR count). The van der Waals surface area contributed by atoms with Crippen molar-refractivity contribution in [2.24, 2.45) is 0 Å². The van der Waals surface area contributed by atoms with Gasteiger partial charge in [0.2, 0.25) is 0 Å². The van der Waals surface area contributed by atoms with Crippen LogP contribution in [0.15, 0.2) is 46.9 Å². The van der Waals surface area contributed by atoms with E-state index in [2.05, 4.69) is 35.0 Å². The minimum Gasteiger partial charge on any atom is -0.334 e. The van der Waals surface area contributed by atoms with E-state index >= 15 is 0 Å². The van der Waals surface area contributed by atoms with Gasteiger partial charge in [-0.15, -0.1) is 0 Å². The Kier molecular flexibility index (Phi) is 3.62. The van der Waals surface area contributed by atoms with E-state index in [1.54, 1.807) is 0 Å². The zero-order chi connectivity index (χ0) is 14.1. The highest BCUT2D eigenvalue weighted by Crippen LogP contribution is 2.27. The van der Waals surface area contributed by atoms with Gasteiger partial charge >= 0.3 is 0 Å². The van der Waals surface area contributed by atoms with Gasteiger partial charge in [0.25, 0.3) is 5.91 Å². The van der Waals surface area contributed by atoms with Gasteiger partial charge < -0.3 is 4.90 Å². The molecule has 0 aromatic heterocycles. The Hall–Kier alpha value is -1.61. The first-order chi connectivity index (χ1) is 9.65. The van der Waals surface area contributed by atoms with Crippen LogP contribution in [0.1, 0.15) is 27.0 Å². The lowest BCUT2D eigenvalue weighted by atomic mass is 9.95. The number of benzene rings is 2. The first-order valence-corrected chi connectivity index (χ1v) is 7.56. The molecular formula is C17H16BrNO. The molecule has 3 heteroatoms. The molecule has 0 aliphatic carbocycles. The minimum absolute atomic E-state index is 0.119. The molecule has 1 heterocycles. The van der Waals surface area contributed by atoms with Crippen molar-refractivity contribution in [3.8, 4) is 0 Å². The number of aryl methyl sites for hydroxylation is 1.